The molecule has 4 rings (SSSR count). The number of carbonyl (C=O) groups excluding carboxylic acids is 1. The smallest absolute Gasteiger partial charge is 0.407 e. The molecule has 0 bridgehead atoms. The highest BCUT2D eigenvalue weighted by atomic mass is 16.4. The van der Waals surface area contributed by atoms with Gasteiger partial charge in [-0.25, -0.2) is 4.79 Å². The lowest BCUT2D eigenvalue weighted by atomic mass is 9.65. The fraction of sp³-hybridized carbons (Fsp3) is 0.739. The first kappa shape index (κ1) is 20.5. The maximum atomic E-state index is 13.5. The number of carbonyl (C=O) groups is 2. The summed E-state index contributed by atoms with van der Waals surface area (Å²) in [5.74, 6) is 0.352. The number of carboxylic acid groups (broad SMARTS) is 1. The molecule has 3 heterocycles. The van der Waals surface area contributed by atoms with Gasteiger partial charge in [-0.3, -0.25) is 4.79 Å². The average Bonchev–Trinajstić information content (AvgIpc) is 2.93. The Morgan fingerprint density at radius 2 is 1.72 bits per heavy atom. The summed E-state index contributed by atoms with van der Waals surface area (Å²) < 4.78 is 0. The Morgan fingerprint density at radius 1 is 1.10 bits per heavy atom. The third-order valence-electron chi connectivity index (χ3n) is 7.82. The summed E-state index contributed by atoms with van der Waals surface area (Å²) in [7, 11) is 0. The number of hydrogen-bond acceptors (Lipinski definition) is 3. The topological polar surface area (TPSA) is 64.1 Å². The molecule has 1 N–H and O–H groups in total. The molecule has 2 saturated heterocycles. The molecule has 1 spiro atoms. The van der Waals surface area contributed by atoms with Crippen LogP contribution in [0.2, 0.25) is 0 Å². The van der Waals surface area contributed by atoms with Crippen molar-refractivity contribution in [1.82, 2.24) is 14.7 Å². The molecule has 0 aromatic carbocycles. The molecule has 3 aliphatic heterocycles. The van der Waals surface area contributed by atoms with Gasteiger partial charge in [0.2, 0.25) is 5.91 Å². The molecule has 0 unspecified atom stereocenters. The third-order valence-corrected chi connectivity index (χ3v) is 7.82. The summed E-state index contributed by atoms with van der Waals surface area (Å²) in [6.07, 6.45) is 11.6. The molecule has 0 atom stereocenters. The number of amides is 2. The molecule has 0 aromatic heterocycles. The second-order valence-corrected chi connectivity index (χ2v) is 9.20. The predicted molar refractivity (Wildman–Crippen MR) is 112 cm³/mol. The molecule has 6 heteroatoms. The van der Waals surface area contributed by atoms with E-state index < -0.39 is 6.09 Å². The van der Waals surface area contributed by atoms with Gasteiger partial charge in [-0.05, 0) is 63.5 Å². The Labute approximate surface area is 174 Å². The second kappa shape index (κ2) is 8.13. The lowest BCUT2D eigenvalue weighted by molar-refractivity contribution is -0.141. The van der Waals surface area contributed by atoms with E-state index in [2.05, 4.69) is 35.8 Å². The lowest BCUT2D eigenvalue weighted by Gasteiger charge is -2.44. The van der Waals surface area contributed by atoms with Crippen LogP contribution in [0, 0.1) is 5.41 Å². The monoisotopic (exact) mass is 401 g/mol. The summed E-state index contributed by atoms with van der Waals surface area (Å²) in [6.45, 7) is 7.60. The fourth-order valence-corrected chi connectivity index (χ4v) is 5.77. The van der Waals surface area contributed by atoms with Crippen molar-refractivity contribution in [3.63, 3.8) is 0 Å². The normalized spacial score (nSPS) is 26.8. The zero-order valence-electron chi connectivity index (χ0n) is 17.9. The van der Waals surface area contributed by atoms with Gasteiger partial charge in [0.15, 0.2) is 0 Å². The summed E-state index contributed by atoms with van der Waals surface area (Å²) in [5, 5.41) is 9.16. The third kappa shape index (κ3) is 3.49. The van der Waals surface area contributed by atoms with Crippen LogP contribution in [0.5, 0.6) is 0 Å². The van der Waals surface area contributed by atoms with Gasteiger partial charge in [-0.15, -0.1) is 0 Å². The molecule has 3 fully saturated rings. The van der Waals surface area contributed by atoms with Gasteiger partial charge < -0.3 is 19.8 Å². The van der Waals surface area contributed by atoms with Crippen molar-refractivity contribution in [3.05, 3.63) is 23.4 Å². The van der Waals surface area contributed by atoms with Crippen LogP contribution in [0.15, 0.2) is 23.4 Å². The van der Waals surface area contributed by atoms with E-state index in [0.717, 1.165) is 64.5 Å². The van der Waals surface area contributed by atoms with Crippen LogP contribution < -0.4 is 0 Å². The Kier molecular flexibility index (Phi) is 5.74. The molecule has 6 nitrogen and oxygen atoms in total. The van der Waals surface area contributed by atoms with E-state index in [1.807, 2.05) is 0 Å². The van der Waals surface area contributed by atoms with Crippen molar-refractivity contribution in [2.75, 3.05) is 26.2 Å². The van der Waals surface area contributed by atoms with E-state index in [4.69, 9.17) is 5.11 Å². The number of likely N-dealkylation sites (tertiary alicyclic amines) is 2. The number of nitrogens with zero attached hydrogens (tertiary/aromatic N) is 3. The standard InChI is InChI=1S/C23H35N3O3/c1-3-4-6-20-17(2)23(11-5-12-23)21(27)26(20)19-9-13-24(14-10-19)18-7-15-25(16-8-18)22(28)29/h4,6,18-19H,3,5,7-16H2,1-2H3,(H,28,29)/b6-4-. The van der Waals surface area contributed by atoms with Crippen LogP contribution in [-0.4, -0.2) is 70.1 Å². The SMILES string of the molecule is CC/C=C\C1=C(C)C2(CCC2)C(=O)N1C1CCN(C2CCN(C(=O)O)CC2)CC1. The summed E-state index contributed by atoms with van der Waals surface area (Å²) in [6, 6.07) is 0.778. The maximum Gasteiger partial charge on any atom is 0.407 e. The Morgan fingerprint density at radius 3 is 2.24 bits per heavy atom. The number of piperidine rings is 2. The highest BCUT2D eigenvalue weighted by Gasteiger charge is 2.55. The van der Waals surface area contributed by atoms with E-state index >= 15 is 0 Å². The minimum Gasteiger partial charge on any atom is -0.465 e. The van der Waals surface area contributed by atoms with E-state index in [1.54, 1.807) is 0 Å². The number of hydrogen-bond donors (Lipinski definition) is 1. The summed E-state index contributed by atoms with van der Waals surface area (Å²) >= 11 is 0. The first-order valence-corrected chi connectivity index (χ1v) is 11.4. The van der Waals surface area contributed by atoms with E-state index in [1.165, 1.54) is 16.2 Å². The van der Waals surface area contributed by atoms with Crippen LogP contribution in [0.4, 0.5) is 4.79 Å². The van der Waals surface area contributed by atoms with Crippen LogP contribution in [0.1, 0.15) is 65.2 Å². The molecule has 4 aliphatic rings. The van der Waals surface area contributed by atoms with Gasteiger partial charge in [0, 0.05) is 44.0 Å². The van der Waals surface area contributed by atoms with Gasteiger partial charge in [-0.1, -0.05) is 19.4 Å². The largest absolute Gasteiger partial charge is 0.465 e. The molecule has 0 radical (unpaired) electrons. The Hall–Kier alpha value is -1.82. The van der Waals surface area contributed by atoms with Gasteiger partial charge >= 0.3 is 6.09 Å². The highest BCUT2D eigenvalue weighted by molar-refractivity contribution is 5.93. The molecule has 29 heavy (non-hydrogen) atoms. The molecule has 160 valence electrons. The zero-order chi connectivity index (χ0) is 20.6. The molecule has 0 aromatic rings. The van der Waals surface area contributed by atoms with Crippen molar-refractivity contribution in [2.24, 2.45) is 5.41 Å². The van der Waals surface area contributed by atoms with Crippen LogP contribution in [-0.2, 0) is 4.79 Å². The van der Waals surface area contributed by atoms with Crippen molar-refractivity contribution in [1.29, 1.82) is 0 Å². The van der Waals surface area contributed by atoms with Crippen LogP contribution in [0.25, 0.3) is 0 Å². The van der Waals surface area contributed by atoms with E-state index in [0.29, 0.717) is 31.1 Å². The number of rotatable bonds is 4. The minimum absolute atomic E-state index is 0.200. The van der Waals surface area contributed by atoms with Crippen molar-refractivity contribution in [3.8, 4) is 0 Å². The van der Waals surface area contributed by atoms with Crippen LogP contribution in [0.3, 0.4) is 0 Å². The zero-order valence-corrected chi connectivity index (χ0v) is 17.9. The second-order valence-electron chi connectivity index (χ2n) is 9.20. The molecular formula is C23H35N3O3. The molecular weight excluding hydrogens is 366 g/mol. The van der Waals surface area contributed by atoms with Gasteiger partial charge in [-0.2, -0.15) is 0 Å². The van der Waals surface area contributed by atoms with Gasteiger partial charge in [0.05, 0.1) is 5.41 Å². The fourth-order valence-electron chi connectivity index (χ4n) is 5.77. The first-order chi connectivity index (χ1) is 14.0. The molecule has 2 amide bonds. The minimum atomic E-state index is -0.797. The highest BCUT2D eigenvalue weighted by Crippen LogP contribution is 2.55. The van der Waals surface area contributed by atoms with E-state index in [-0.39, 0.29) is 5.41 Å². The van der Waals surface area contributed by atoms with Crippen molar-refractivity contribution < 1.29 is 14.7 Å². The van der Waals surface area contributed by atoms with E-state index in [9.17, 15) is 9.59 Å². The lowest BCUT2D eigenvalue weighted by Crippen LogP contribution is -2.53. The van der Waals surface area contributed by atoms with Crippen LogP contribution >= 0.6 is 0 Å². The first-order valence-electron chi connectivity index (χ1n) is 11.4. The number of allylic oxidation sites excluding steroid dienone is 2. The quantitative estimate of drug-likeness (QED) is 0.777. The maximum absolute atomic E-state index is 13.5. The van der Waals surface area contributed by atoms with Crippen molar-refractivity contribution in [2.45, 2.75) is 77.3 Å². The Bertz CT molecular complexity index is 709. The molecule has 1 aliphatic carbocycles. The summed E-state index contributed by atoms with van der Waals surface area (Å²) in [5.41, 5.74) is 2.26. The predicted octanol–water partition coefficient (Wildman–Crippen LogP) is 3.85. The Balaban J connectivity index is 1.41. The van der Waals surface area contributed by atoms with Gasteiger partial charge in [0.25, 0.3) is 0 Å². The van der Waals surface area contributed by atoms with Gasteiger partial charge in [0.1, 0.15) is 0 Å². The van der Waals surface area contributed by atoms with Crippen molar-refractivity contribution >= 4 is 12.0 Å². The average molecular weight is 402 g/mol. The summed E-state index contributed by atoms with van der Waals surface area (Å²) in [4.78, 5) is 30.8. The molecule has 1 saturated carbocycles.